The van der Waals surface area contributed by atoms with E-state index in [4.69, 9.17) is 16.3 Å². The van der Waals surface area contributed by atoms with Gasteiger partial charge < -0.3 is 15.2 Å². The number of aromatic nitrogens is 4. The van der Waals surface area contributed by atoms with Crippen molar-refractivity contribution in [2.24, 2.45) is 11.8 Å². The van der Waals surface area contributed by atoms with E-state index >= 15 is 0 Å². The van der Waals surface area contributed by atoms with Gasteiger partial charge in [0.05, 0.1) is 12.5 Å². The highest BCUT2D eigenvalue weighted by Gasteiger charge is 2.43. The molecule has 2 atom stereocenters. The van der Waals surface area contributed by atoms with E-state index in [1.165, 1.54) is 10.8 Å². The van der Waals surface area contributed by atoms with Crippen LogP contribution in [0.1, 0.15) is 17.5 Å². The van der Waals surface area contributed by atoms with Crippen molar-refractivity contribution in [3.63, 3.8) is 0 Å². The highest BCUT2D eigenvalue weighted by molar-refractivity contribution is 6.30. The molecule has 0 aliphatic heterocycles. The minimum Gasteiger partial charge on any atom is -0.481 e. The minimum absolute atomic E-state index is 0.0138. The number of hydrogen-bond donors (Lipinski definition) is 2. The summed E-state index contributed by atoms with van der Waals surface area (Å²) in [5, 5.41) is 12.8. The molecule has 12 heteroatoms. The zero-order valence-corrected chi connectivity index (χ0v) is 21.2. The second-order valence-corrected chi connectivity index (χ2v) is 9.55. The van der Waals surface area contributed by atoms with Gasteiger partial charge in [-0.05, 0) is 66.4 Å². The summed E-state index contributed by atoms with van der Waals surface area (Å²) >= 11 is 6.00. The third-order valence-electron chi connectivity index (χ3n) is 6.38. The summed E-state index contributed by atoms with van der Waals surface area (Å²) in [7, 11) is 0. The highest BCUT2D eigenvalue weighted by atomic mass is 35.5. The van der Waals surface area contributed by atoms with Gasteiger partial charge in [0.1, 0.15) is 12.4 Å². The van der Waals surface area contributed by atoms with Crippen molar-refractivity contribution in [1.82, 2.24) is 19.1 Å². The third kappa shape index (κ3) is 5.99. The Balaban J connectivity index is 1.43. The van der Waals surface area contributed by atoms with Gasteiger partial charge in [-0.1, -0.05) is 23.7 Å². The quantitative estimate of drug-likeness (QED) is 0.300. The summed E-state index contributed by atoms with van der Waals surface area (Å²) in [5.41, 5.74) is 0.180. The van der Waals surface area contributed by atoms with Crippen LogP contribution in [0.2, 0.25) is 5.02 Å². The number of rotatable bonds is 10. The number of ether oxygens (including phenoxy) is 1. The predicted molar refractivity (Wildman–Crippen MR) is 141 cm³/mol. The van der Waals surface area contributed by atoms with E-state index < -0.39 is 29.9 Å². The normalized spacial score (nSPS) is 16.1. The molecule has 2 aromatic heterocycles. The largest absolute Gasteiger partial charge is 0.481 e. The molecule has 1 fully saturated rings. The fraction of sp³-hybridized carbons (Fsp3) is 0.222. The van der Waals surface area contributed by atoms with E-state index in [1.807, 2.05) is 0 Å². The number of carbonyl (C=O) groups is 1. The van der Waals surface area contributed by atoms with Gasteiger partial charge in [-0.2, -0.15) is 4.98 Å². The Kier molecular flexibility index (Phi) is 7.42. The van der Waals surface area contributed by atoms with E-state index in [0.29, 0.717) is 28.4 Å². The average molecular weight is 552 g/mol. The van der Waals surface area contributed by atoms with Crippen LogP contribution < -0.4 is 21.4 Å². The molecule has 0 spiro atoms. The lowest BCUT2D eigenvalue weighted by molar-refractivity contribution is -0.138. The molecule has 2 heterocycles. The van der Waals surface area contributed by atoms with Crippen molar-refractivity contribution in [3.05, 3.63) is 104 Å². The van der Waals surface area contributed by atoms with Gasteiger partial charge in [0.2, 0.25) is 11.8 Å². The summed E-state index contributed by atoms with van der Waals surface area (Å²) in [6.07, 6.45) is 1.90. The summed E-state index contributed by atoms with van der Waals surface area (Å²) in [6, 6.07) is 16.6. The zero-order chi connectivity index (χ0) is 27.5. The van der Waals surface area contributed by atoms with Crippen LogP contribution in [0.5, 0.6) is 11.6 Å². The molecule has 1 saturated carbocycles. The van der Waals surface area contributed by atoms with E-state index in [-0.39, 0.29) is 30.8 Å². The molecule has 0 saturated heterocycles. The Morgan fingerprint density at radius 1 is 1.10 bits per heavy atom. The number of pyridine rings is 1. The maximum atomic E-state index is 13.4. The van der Waals surface area contributed by atoms with Crippen LogP contribution in [0, 0.1) is 11.8 Å². The number of benzene rings is 2. The predicted octanol–water partition coefficient (Wildman–Crippen LogP) is 4.23. The number of hydrogen-bond acceptors (Lipinski definition) is 7. The Labute approximate surface area is 226 Å². The molecule has 39 heavy (non-hydrogen) atoms. The molecular formula is C27H23ClFN5O5. The van der Waals surface area contributed by atoms with Crippen molar-refractivity contribution in [2.45, 2.75) is 26.2 Å². The fourth-order valence-electron chi connectivity index (χ4n) is 4.15. The summed E-state index contributed by atoms with van der Waals surface area (Å²) in [5.74, 6) is -1.25. The molecule has 2 aromatic carbocycles. The first-order chi connectivity index (χ1) is 18.8. The number of aliphatic carboxylic acids is 1. The minimum atomic E-state index is -0.947. The lowest BCUT2D eigenvalue weighted by Crippen LogP contribution is -2.43. The van der Waals surface area contributed by atoms with Crippen molar-refractivity contribution in [1.29, 1.82) is 0 Å². The standard InChI is InChI=1S/C27H23ClFN5O5/c28-19-5-3-16(4-6-19)14-33-25(32-26(37)34(27(33)38)15-18-12-22(18)24(35)36)31-20-7-9-21(10-8-20)39-23-17(13-29)2-1-11-30-23/h1-11,18,22H,12-15H2,(H,35,36)(H,31,32,37)/t18-,22-/m0/s1. The molecular weight excluding hydrogens is 529 g/mol. The third-order valence-corrected chi connectivity index (χ3v) is 6.63. The van der Waals surface area contributed by atoms with Crippen LogP contribution in [-0.2, 0) is 24.6 Å². The summed E-state index contributed by atoms with van der Waals surface area (Å²) in [6.45, 7) is -0.655. The van der Waals surface area contributed by atoms with Crippen LogP contribution in [0.15, 0.2) is 76.4 Å². The van der Waals surface area contributed by atoms with E-state index in [0.717, 1.165) is 10.1 Å². The maximum Gasteiger partial charge on any atom is 0.354 e. The monoisotopic (exact) mass is 551 g/mol. The van der Waals surface area contributed by atoms with Crippen LogP contribution in [-0.4, -0.2) is 30.2 Å². The SMILES string of the molecule is O=C(O)[C@H]1C[C@H]1Cn1c(=O)nc(Nc2ccc(Oc3ncccc3CF)cc2)n(Cc2ccc(Cl)cc2)c1=O. The summed E-state index contributed by atoms with van der Waals surface area (Å²) in [4.78, 5) is 45.7. The molecule has 2 N–H and O–H groups in total. The van der Waals surface area contributed by atoms with Crippen LogP contribution in [0.3, 0.4) is 0 Å². The van der Waals surface area contributed by atoms with E-state index in [2.05, 4.69) is 15.3 Å². The van der Waals surface area contributed by atoms with Gasteiger partial charge in [0.25, 0.3) is 0 Å². The molecule has 200 valence electrons. The summed E-state index contributed by atoms with van der Waals surface area (Å²) < 4.78 is 21.2. The molecule has 0 amide bonds. The molecule has 0 unspecified atom stereocenters. The number of halogens is 2. The Hall–Kier alpha value is -4.51. The van der Waals surface area contributed by atoms with Crippen LogP contribution >= 0.6 is 11.6 Å². The Bertz CT molecular complexity index is 1620. The Morgan fingerprint density at radius 3 is 2.51 bits per heavy atom. The van der Waals surface area contributed by atoms with Gasteiger partial charge in [0.15, 0.2) is 0 Å². The Morgan fingerprint density at radius 2 is 1.85 bits per heavy atom. The number of nitrogens with zero attached hydrogens (tertiary/aromatic N) is 4. The van der Waals surface area contributed by atoms with Gasteiger partial charge >= 0.3 is 17.3 Å². The second kappa shape index (κ2) is 11.1. The first-order valence-electron chi connectivity index (χ1n) is 12.1. The number of alkyl halides is 1. The number of nitrogens with one attached hydrogen (secondary N) is 1. The van der Waals surface area contributed by atoms with Gasteiger partial charge in [-0.25, -0.2) is 23.5 Å². The lowest BCUT2D eigenvalue weighted by atomic mass is 10.2. The van der Waals surface area contributed by atoms with Crippen molar-refractivity contribution < 1.29 is 19.0 Å². The molecule has 5 rings (SSSR count). The first kappa shape index (κ1) is 26.1. The van der Waals surface area contributed by atoms with Crippen molar-refractivity contribution >= 4 is 29.2 Å². The van der Waals surface area contributed by atoms with Gasteiger partial charge in [-0.15, -0.1) is 0 Å². The lowest BCUT2D eigenvalue weighted by Gasteiger charge is -2.16. The molecule has 4 aromatic rings. The molecule has 1 aliphatic carbocycles. The molecule has 10 nitrogen and oxygen atoms in total. The van der Waals surface area contributed by atoms with Crippen LogP contribution in [0.25, 0.3) is 0 Å². The fourth-order valence-corrected chi connectivity index (χ4v) is 4.27. The number of anilines is 2. The first-order valence-corrected chi connectivity index (χ1v) is 12.4. The smallest absolute Gasteiger partial charge is 0.354 e. The van der Waals surface area contributed by atoms with Gasteiger partial charge in [-0.3, -0.25) is 9.36 Å². The zero-order valence-electron chi connectivity index (χ0n) is 20.5. The average Bonchev–Trinajstić information content (AvgIpc) is 3.71. The highest BCUT2D eigenvalue weighted by Crippen LogP contribution is 2.39. The van der Waals surface area contributed by atoms with E-state index in [9.17, 15) is 23.9 Å². The maximum absolute atomic E-state index is 13.4. The van der Waals surface area contributed by atoms with E-state index in [1.54, 1.807) is 60.7 Å². The second-order valence-electron chi connectivity index (χ2n) is 9.12. The van der Waals surface area contributed by atoms with Crippen molar-refractivity contribution in [2.75, 3.05) is 5.32 Å². The van der Waals surface area contributed by atoms with Gasteiger partial charge in [0, 0.05) is 29.0 Å². The van der Waals surface area contributed by atoms with Crippen molar-refractivity contribution in [3.8, 4) is 11.6 Å². The number of carboxylic acid groups (broad SMARTS) is 1. The van der Waals surface area contributed by atoms with Crippen LogP contribution in [0.4, 0.5) is 16.0 Å². The molecule has 0 radical (unpaired) electrons. The topological polar surface area (TPSA) is 128 Å². The molecule has 1 aliphatic rings. The molecule has 0 bridgehead atoms. The number of carboxylic acids is 1.